The second-order valence-electron chi connectivity index (χ2n) is 5.49. The van der Waals surface area contributed by atoms with Crippen molar-refractivity contribution in [2.75, 3.05) is 0 Å². The van der Waals surface area contributed by atoms with Crippen molar-refractivity contribution in [3.8, 4) is 0 Å². The molecule has 1 aromatic rings. The first-order valence-corrected chi connectivity index (χ1v) is 6.85. The predicted molar refractivity (Wildman–Crippen MR) is 64.8 cm³/mol. The Hall–Kier alpha value is -0.840. The molecule has 18 heavy (non-hydrogen) atoms. The molecule has 0 N–H and O–H groups in total. The van der Waals surface area contributed by atoms with E-state index in [2.05, 4.69) is 0 Å². The number of carbonyl (C=O) groups excluding carboxylic acids is 1. The van der Waals surface area contributed by atoms with E-state index in [0.717, 1.165) is 29.6 Å². The van der Waals surface area contributed by atoms with Crippen molar-refractivity contribution in [1.82, 2.24) is 0 Å². The monoisotopic (exact) mass is 276 g/mol. The van der Waals surface area contributed by atoms with E-state index in [1.807, 2.05) is 13.8 Å². The molecule has 1 fully saturated rings. The summed E-state index contributed by atoms with van der Waals surface area (Å²) in [6.45, 7) is 3.92. The number of hydrogen-bond acceptors (Lipinski definition) is 2. The van der Waals surface area contributed by atoms with Crippen LogP contribution in [-0.4, -0.2) is 5.78 Å². The largest absolute Gasteiger partial charge is 0.417 e. The topological polar surface area (TPSA) is 17.1 Å². The SMILES string of the molecule is CC1(C)CCCC1C(=O)c1cscc1C(F)(F)F. The molecule has 1 heterocycles. The smallest absolute Gasteiger partial charge is 0.294 e. The molecule has 1 atom stereocenters. The molecule has 1 unspecified atom stereocenters. The van der Waals surface area contributed by atoms with Gasteiger partial charge in [0.2, 0.25) is 0 Å². The lowest BCUT2D eigenvalue weighted by Crippen LogP contribution is -2.27. The Morgan fingerprint density at radius 1 is 1.39 bits per heavy atom. The van der Waals surface area contributed by atoms with Crippen molar-refractivity contribution < 1.29 is 18.0 Å². The molecule has 2 rings (SSSR count). The van der Waals surface area contributed by atoms with Gasteiger partial charge in [0.05, 0.1) is 5.56 Å². The first-order valence-electron chi connectivity index (χ1n) is 5.91. The minimum absolute atomic E-state index is 0.146. The van der Waals surface area contributed by atoms with E-state index in [9.17, 15) is 18.0 Å². The Bertz CT molecular complexity index is 459. The van der Waals surface area contributed by atoms with Crippen LogP contribution in [0.15, 0.2) is 10.8 Å². The normalized spacial score (nSPS) is 23.3. The molecule has 1 aliphatic rings. The number of halogens is 3. The summed E-state index contributed by atoms with van der Waals surface area (Å²) in [5.74, 6) is -0.626. The van der Waals surface area contributed by atoms with Crippen LogP contribution in [0.2, 0.25) is 0 Å². The highest BCUT2D eigenvalue weighted by Crippen LogP contribution is 2.45. The average molecular weight is 276 g/mol. The summed E-state index contributed by atoms with van der Waals surface area (Å²) in [4.78, 5) is 12.3. The maximum atomic E-state index is 12.8. The quantitative estimate of drug-likeness (QED) is 0.711. The number of ketones is 1. The Balaban J connectivity index is 2.33. The summed E-state index contributed by atoms with van der Waals surface area (Å²) < 4.78 is 38.3. The summed E-state index contributed by atoms with van der Waals surface area (Å²) in [5.41, 5.74) is -1.12. The molecule has 1 aromatic heterocycles. The van der Waals surface area contributed by atoms with Crippen molar-refractivity contribution in [1.29, 1.82) is 0 Å². The van der Waals surface area contributed by atoms with Crippen LogP contribution in [-0.2, 0) is 6.18 Å². The van der Waals surface area contributed by atoms with Crippen molar-refractivity contribution in [2.45, 2.75) is 39.3 Å². The van der Waals surface area contributed by atoms with Crippen LogP contribution in [0.25, 0.3) is 0 Å². The van der Waals surface area contributed by atoms with Gasteiger partial charge >= 0.3 is 6.18 Å². The van der Waals surface area contributed by atoms with Gasteiger partial charge in [-0.25, -0.2) is 0 Å². The van der Waals surface area contributed by atoms with E-state index >= 15 is 0 Å². The number of rotatable bonds is 2. The average Bonchev–Trinajstić information content (AvgIpc) is 2.81. The van der Waals surface area contributed by atoms with E-state index < -0.39 is 11.7 Å². The van der Waals surface area contributed by atoms with Gasteiger partial charge in [0.1, 0.15) is 0 Å². The third-order valence-corrected chi connectivity index (χ3v) is 4.55. The summed E-state index contributed by atoms with van der Waals surface area (Å²) in [5, 5.41) is 2.36. The summed E-state index contributed by atoms with van der Waals surface area (Å²) in [6, 6.07) is 0. The van der Waals surface area contributed by atoms with Crippen molar-refractivity contribution in [2.24, 2.45) is 11.3 Å². The van der Waals surface area contributed by atoms with Gasteiger partial charge in [-0.05, 0) is 18.3 Å². The van der Waals surface area contributed by atoms with Gasteiger partial charge in [0.25, 0.3) is 0 Å². The van der Waals surface area contributed by atoms with Crippen molar-refractivity contribution in [3.63, 3.8) is 0 Å². The molecular formula is C13H15F3OS. The number of thiophene rings is 1. The summed E-state index contributed by atoms with van der Waals surface area (Å²) >= 11 is 0.940. The van der Waals surface area contributed by atoms with Crippen LogP contribution in [0.3, 0.4) is 0 Å². The number of Topliss-reactive ketones (excluding diaryl/α,β-unsaturated/α-hetero) is 1. The number of carbonyl (C=O) groups is 1. The minimum Gasteiger partial charge on any atom is -0.294 e. The van der Waals surface area contributed by atoms with Gasteiger partial charge in [-0.2, -0.15) is 24.5 Å². The lowest BCUT2D eigenvalue weighted by atomic mass is 9.77. The van der Waals surface area contributed by atoms with Crippen LogP contribution in [0.1, 0.15) is 49.0 Å². The van der Waals surface area contributed by atoms with E-state index in [4.69, 9.17) is 0 Å². The zero-order valence-electron chi connectivity index (χ0n) is 10.3. The van der Waals surface area contributed by atoms with E-state index in [1.165, 1.54) is 5.38 Å². The standard InChI is InChI=1S/C13H15F3OS/c1-12(2)5-3-4-9(12)11(17)8-6-18-7-10(8)13(14,15)16/h6-7,9H,3-5H2,1-2H3. The maximum absolute atomic E-state index is 12.8. The molecule has 1 saturated carbocycles. The Morgan fingerprint density at radius 3 is 2.56 bits per heavy atom. The van der Waals surface area contributed by atoms with Gasteiger partial charge < -0.3 is 0 Å². The molecule has 1 aliphatic carbocycles. The first kappa shape index (κ1) is 13.6. The third-order valence-electron chi connectivity index (χ3n) is 3.81. The van der Waals surface area contributed by atoms with Gasteiger partial charge in [0.15, 0.2) is 5.78 Å². The van der Waals surface area contributed by atoms with Crippen molar-refractivity contribution >= 4 is 17.1 Å². The highest BCUT2D eigenvalue weighted by Gasteiger charge is 2.43. The molecule has 0 radical (unpaired) electrons. The fourth-order valence-corrected chi connectivity index (χ4v) is 3.55. The van der Waals surface area contributed by atoms with Crippen LogP contribution >= 0.6 is 11.3 Å². The zero-order valence-corrected chi connectivity index (χ0v) is 11.1. The molecule has 100 valence electrons. The van der Waals surface area contributed by atoms with E-state index in [0.29, 0.717) is 6.42 Å². The van der Waals surface area contributed by atoms with Crippen LogP contribution in [0.5, 0.6) is 0 Å². The fraction of sp³-hybridized carbons (Fsp3) is 0.615. The van der Waals surface area contributed by atoms with E-state index in [-0.39, 0.29) is 22.7 Å². The molecular weight excluding hydrogens is 261 g/mol. The molecule has 0 saturated heterocycles. The Kier molecular flexibility index (Phi) is 3.30. The number of alkyl halides is 3. The fourth-order valence-electron chi connectivity index (χ4n) is 2.71. The van der Waals surface area contributed by atoms with Crippen LogP contribution in [0, 0.1) is 11.3 Å². The van der Waals surface area contributed by atoms with E-state index in [1.54, 1.807) is 0 Å². The number of hydrogen-bond donors (Lipinski definition) is 0. The second kappa shape index (κ2) is 4.37. The van der Waals surface area contributed by atoms with Crippen LogP contribution in [0.4, 0.5) is 13.2 Å². The lowest BCUT2D eigenvalue weighted by Gasteiger charge is -2.25. The van der Waals surface area contributed by atoms with Crippen LogP contribution < -0.4 is 0 Å². The summed E-state index contributed by atoms with van der Waals surface area (Å²) in [7, 11) is 0. The third kappa shape index (κ3) is 2.32. The van der Waals surface area contributed by atoms with Crippen molar-refractivity contribution in [3.05, 3.63) is 21.9 Å². The molecule has 0 aromatic carbocycles. The summed E-state index contributed by atoms with van der Waals surface area (Å²) in [6.07, 6.45) is -1.93. The molecule has 5 heteroatoms. The van der Waals surface area contributed by atoms with Gasteiger partial charge in [-0.3, -0.25) is 4.79 Å². The molecule has 0 aliphatic heterocycles. The Labute approximate surface area is 108 Å². The minimum atomic E-state index is -4.44. The first-order chi connectivity index (χ1) is 8.23. The Morgan fingerprint density at radius 2 is 2.06 bits per heavy atom. The molecule has 0 spiro atoms. The molecule has 0 amide bonds. The second-order valence-corrected chi connectivity index (χ2v) is 6.24. The zero-order chi connectivity index (χ0) is 13.6. The van der Waals surface area contributed by atoms with Gasteiger partial charge in [-0.1, -0.05) is 20.3 Å². The molecule has 1 nitrogen and oxygen atoms in total. The van der Waals surface area contributed by atoms with Gasteiger partial charge in [-0.15, -0.1) is 0 Å². The predicted octanol–water partition coefficient (Wildman–Crippen LogP) is 4.78. The maximum Gasteiger partial charge on any atom is 0.417 e. The molecule has 0 bridgehead atoms. The lowest BCUT2D eigenvalue weighted by molar-refractivity contribution is -0.137. The van der Waals surface area contributed by atoms with Gasteiger partial charge in [0, 0.05) is 22.2 Å². The highest BCUT2D eigenvalue weighted by atomic mass is 32.1. The highest BCUT2D eigenvalue weighted by molar-refractivity contribution is 7.08.